The molecule has 0 spiro atoms. The van der Waals surface area contributed by atoms with E-state index in [1.165, 1.54) is 11.1 Å². The average Bonchev–Trinajstić information content (AvgIpc) is 3.04. The first-order valence-corrected chi connectivity index (χ1v) is 6.46. The molecule has 0 amide bonds. The van der Waals surface area contributed by atoms with Crippen LogP contribution in [-0.4, -0.2) is 12.9 Å². The van der Waals surface area contributed by atoms with Crippen LogP contribution in [0.5, 0.6) is 0 Å². The normalized spacial score (nSPS) is 14.6. The third kappa shape index (κ3) is 2.34. The van der Waals surface area contributed by atoms with Crippen LogP contribution in [0.2, 0.25) is 0 Å². The summed E-state index contributed by atoms with van der Waals surface area (Å²) in [6.07, 6.45) is 1.63. The van der Waals surface area contributed by atoms with Crippen molar-refractivity contribution in [1.29, 1.82) is 0 Å². The summed E-state index contributed by atoms with van der Waals surface area (Å²) in [6, 6.07) is 11.8. The van der Waals surface area contributed by atoms with Crippen LogP contribution in [0.3, 0.4) is 0 Å². The Morgan fingerprint density at radius 1 is 1.21 bits per heavy atom. The van der Waals surface area contributed by atoms with Gasteiger partial charge in [-0.05, 0) is 36.1 Å². The Morgan fingerprint density at radius 2 is 1.89 bits per heavy atom. The molecule has 1 aromatic heterocycles. The van der Waals surface area contributed by atoms with Crippen molar-refractivity contribution in [2.75, 3.05) is 7.11 Å². The van der Waals surface area contributed by atoms with Gasteiger partial charge in [0.2, 0.25) is 5.78 Å². The lowest BCUT2D eigenvalue weighted by atomic mass is 9.99. The van der Waals surface area contributed by atoms with Crippen molar-refractivity contribution < 1.29 is 13.9 Å². The van der Waals surface area contributed by atoms with Crippen molar-refractivity contribution in [1.82, 2.24) is 0 Å². The van der Waals surface area contributed by atoms with Gasteiger partial charge in [-0.25, -0.2) is 0 Å². The van der Waals surface area contributed by atoms with E-state index in [9.17, 15) is 4.79 Å². The number of hydrogen-bond donors (Lipinski definition) is 0. The van der Waals surface area contributed by atoms with E-state index in [-0.39, 0.29) is 11.7 Å². The first-order valence-electron chi connectivity index (χ1n) is 6.46. The molecular formula is C16H16O3. The summed E-state index contributed by atoms with van der Waals surface area (Å²) in [5.41, 5.74) is 2.56. The van der Waals surface area contributed by atoms with Gasteiger partial charge in [0.05, 0.1) is 0 Å². The highest BCUT2D eigenvalue weighted by Crippen LogP contribution is 2.29. The predicted octanol–water partition coefficient (Wildman–Crippen LogP) is 3.02. The molecule has 1 aliphatic rings. The third-order valence-electron chi connectivity index (χ3n) is 3.61. The maximum Gasteiger partial charge on any atom is 0.201 e. The van der Waals surface area contributed by atoms with Crippen LogP contribution in [0.1, 0.15) is 27.4 Å². The van der Waals surface area contributed by atoms with Gasteiger partial charge >= 0.3 is 0 Å². The number of ketones is 1. The lowest BCUT2D eigenvalue weighted by molar-refractivity contribution is 0.0888. The largest absolute Gasteiger partial charge is 0.456 e. The summed E-state index contributed by atoms with van der Waals surface area (Å²) >= 11 is 0. The van der Waals surface area contributed by atoms with E-state index in [1.807, 2.05) is 12.1 Å². The summed E-state index contributed by atoms with van der Waals surface area (Å²) in [6.45, 7) is 0.401. The summed E-state index contributed by atoms with van der Waals surface area (Å²) in [5.74, 6) is 1.25. The molecule has 98 valence electrons. The van der Waals surface area contributed by atoms with Gasteiger partial charge in [-0.15, -0.1) is 0 Å². The Morgan fingerprint density at radius 3 is 2.53 bits per heavy atom. The summed E-state index contributed by atoms with van der Waals surface area (Å²) in [7, 11) is 1.61. The number of carbonyl (C=O) groups excluding carboxylic acids is 1. The third-order valence-corrected chi connectivity index (χ3v) is 3.61. The van der Waals surface area contributed by atoms with Crippen LogP contribution in [-0.2, 0) is 24.2 Å². The molecule has 2 aromatic rings. The Kier molecular flexibility index (Phi) is 3.22. The molecule has 0 unspecified atom stereocenters. The molecule has 0 N–H and O–H groups in total. The Bertz CT molecular complexity index is 573. The minimum atomic E-state index is 0.0129. The van der Waals surface area contributed by atoms with Gasteiger partial charge in [-0.2, -0.15) is 0 Å². The predicted molar refractivity (Wildman–Crippen MR) is 71.1 cm³/mol. The Labute approximate surface area is 112 Å². The van der Waals surface area contributed by atoms with Gasteiger partial charge in [0, 0.05) is 13.0 Å². The van der Waals surface area contributed by atoms with Gasteiger partial charge < -0.3 is 9.15 Å². The molecule has 3 nitrogen and oxygen atoms in total. The SMILES string of the molecule is COCc1ccc(C(=O)C2Cc3ccccc3C2)o1. The molecule has 0 radical (unpaired) electrons. The topological polar surface area (TPSA) is 39.4 Å². The highest BCUT2D eigenvalue weighted by atomic mass is 16.5. The van der Waals surface area contributed by atoms with Crippen molar-refractivity contribution in [3.8, 4) is 0 Å². The molecule has 0 aliphatic heterocycles. The number of carbonyl (C=O) groups is 1. The van der Waals surface area contributed by atoms with Crippen LogP contribution in [0.4, 0.5) is 0 Å². The zero-order valence-electron chi connectivity index (χ0n) is 10.9. The zero-order valence-corrected chi connectivity index (χ0v) is 10.9. The number of fused-ring (bicyclic) bond motifs is 1. The number of benzene rings is 1. The fraction of sp³-hybridized carbons (Fsp3) is 0.312. The van der Waals surface area contributed by atoms with Crippen LogP contribution < -0.4 is 0 Å². The maximum absolute atomic E-state index is 12.4. The summed E-state index contributed by atoms with van der Waals surface area (Å²) in [5, 5.41) is 0. The lowest BCUT2D eigenvalue weighted by Crippen LogP contribution is -2.14. The molecule has 1 aliphatic carbocycles. The van der Waals surface area contributed by atoms with E-state index in [2.05, 4.69) is 12.1 Å². The number of rotatable bonds is 4. The Hall–Kier alpha value is -1.87. The maximum atomic E-state index is 12.4. The van der Waals surface area contributed by atoms with Crippen LogP contribution >= 0.6 is 0 Å². The molecule has 1 aromatic carbocycles. The minimum absolute atomic E-state index is 0.0129. The standard InChI is InChI=1S/C16H16O3/c1-18-10-14-6-7-15(19-14)16(17)13-8-11-4-2-3-5-12(11)9-13/h2-7,13H,8-10H2,1H3. The summed E-state index contributed by atoms with van der Waals surface area (Å²) < 4.78 is 10.5. The molecule has 0 saturated carbocycles. The van der Waals surface area contributed by atoms with Crippen molar-refractivity contribution in [2.24, 2.45) is 5.92 Å². The van der Waals surface area contributed by atoms with Crippen LogP contribution in [0.15, 0.2) is 40.8 Å². The van der Waals surface area contributed by atoms with E-state index in [4.69, 9.17) is 9.15 Å². The van der Waals surface area contributed by atoms with Gasteiger partial charge in [-0.1, -0.05) is 24.3 Å². The highest BCUT2D eigenvalue weighted by molar-refractivity contribution is 5.96. The average molecular weight is 256 g/mol. The molecule has 3 heteroatoms. The number of Topliss-reactive ketones (excluding diaryl/α,β-unsaturated/α-hetero) is 1. The van der Waals surface area contributed by atoms with Crippen molar-refractivity contribution in [3.05, 3.63) is 59.0 Å². The fourth-order valence-electron chi connectivity index (χ4n) is 2.68. The fourth-order valence-corrected chi connectivity index (χ4v) is 2.68. The molecule has 1 heterocycles. The number of methoxy groups -OCH3 is 1. The second-order valence-electron chi connectivity index (χ2n) is 4.94. The highest BCUT2D eigenvalue weighted by Gasteiger charge is 2.29. The minimum Gasteiger partial charge on any atom is -0.456 e. The molecule has 19 heavy (non-hydrogen) atoms. The van der Waals surface area contributed by atoms with E-state index in [1.54, 1.807) is 19.2 Å². The number of hydrogen-bond acceptors (Lipinski definition) is 3. The van der Waals surface area contributed by atoms with E-state index < -0.39 is 0 Å². The van der Waals surface area contributed by atoms with Crippen LogP contribution in [0, 0.1) is 5.92 Å². The first-order chi connectivity index (χ1) is 9.28. The van der Waals surface area contributed by atoms with Gasteiger partial charge in [-0.3, -0.25) is 4.79 Å². The summed E-state index contributed by atoms with van der Waals surface area (Å²) in [4.78, 5) is 12.4. The van der Waals surface area contributed by atoms with Gasteiger partial charge in [0.15, 0.2) is 5.76 Å². The molecule has 0 bridgehead atoms. The second kappa shape index (κ2) is 5.02. The van der Waals surface area contributed by atoms with Gasteiger partial charge in [0.1, 0.15) is 12.4 Å². The zero-order chi connectivity index (χ0) is 13.2. The van der Waals surface area contributed by atoms with E-state index in [0.717, 1.165) is 12.8 Å². The van der Waals surface area contributed by atoms with Crippen molar-refractivity contribution in [2.45, 2.75) is 19.4 Å². The number of furan rings is 1. The van der Waals surface area contributed by atoms with E-state index >= 15 is 0 Å². The number of ether oxygens (including phenoxy) is 1. The van der Waals surface area contributed by atoms with Crippen LogP contribution in [0.25, 0.3) is 0 Å². The first kappa shape index (κ1) is 12.2. The molecule has 0 saturated heterocycles. The Balaban J connectivity index is 1.75. The van der Waals surface area contributed by atoms with Crippen molar-refractivity contribution in [3.63, 3.8) is 0 Å². The molecule has 0 atom stereocenters. The molecule has 0 fully saturated rings. The van der Waals surface area contributed by atoms with Crippen molar-refractivity contribution >= 4 is 5.78 Å². The molecule has 3 rings (SSSR count). The van der Waals surface area contributed by atoms with Gasteiger partial charge in [0.25, 0.3) is 0 Å². The molecular weight excluding hydrogens is 240 g/mol. The monoisotopic (exact) mass is 256 g/mol. The quantitative estimate of drug-likeness (QED) is 0.789. The second-order valence-corrected chi connectivity index (χ2v) is 4.94. The lowest BCUT2D eigenvalue weighted by Gasteiger charge is -2.04. The van der Waals surface area contributed by atoms with E-state index in [0.29, 0.717) is 18.1 Å². The smallest absolute Gasteiger partial charge is 0.201 e.